The second-order valence-corrected chi connectivity index (χ2v) is 5.21. The van der Waals surface area contributed by atoms with E-state index in [0.29, 0.717) is 22.9 Å². The number of hydrogen-bond donors (Lipinski definition) is 1. The fraction of sp³-hybridized carbons (Fsp3) is 0.583. The maximum absolute atomic E-state index is 13.6. The lowest BCUT2D eigenvalue weighted by atomic mass is 10.1. The highest BCUT2D eigenvalue weighted by Gasteiger charge is 2.37. The molecule has 0 saturated carbocycles. The van der Waals surface area contributed by atoms with E-state index in [4.69, 9.17) is 11.6 Å². The number of hydrogen-bond acceptors (Lipinski definition) is 3. The smallest absolute Gasteiger partial charge is 0.166 e. The van der Waals surface area contributed by atoms with Gasteiger partial charge in [-0.1, -0.05) is 11.6 Å². The number of fused-ring (bicyclic) bond motifs is 1. The van der Waals surface area contributed by atoms with Gasteiger partial charge in [0.1, 0.15) is 0 Å². The summed E-state index contributed by atoms with van der Waals surface area (Å²) in [5.74, 6) is -0.0397. The zero-order valence-electron chi connectivity index (χ0n) is 9.50. The topological polar surface area (TPSA) is 28.2 Å². The summed E-state index contributed by atoms with van der Waals surface area (Å²) >= 11 is 5.68. The summed E-state index contributed by atoms with van der Waals surface area (Å²) in [6.45, 7) is 2.29. The minimum Gasteiger partial charge on any atom is -0.363 e. The van der Waals surface area contributed by atoms with Crippen LogP contribution in [0.2, 0.25) is 5.02 Å². The molecule has 1 aromatic rings. The van der Waals surface area contributed by atoms with E-state index >= 15 is 0 Å². The predicted molar refractivity (Wildman–Crippen MR) is 65.8 cm³/mol. The van der Waals surface area contributed by atoms with Gasteiger partial charge < -0.3 is 5.32 Å². The third-order valence-corrected chi connectivity index (χ3v) is 3.94. The van der Waals surface area contributed by atoms with Crippen molar-refractivity contribution in [3.05, 3.63) is 23.1 Å². The minimum absolute atomic E-state index is 0.320. The van der Waals surface area contributed by atoms with Crippen molar-refractivity contribution in [1.29, 1.82) is 0 Å². The van der Waals surface area contributed by atoms with Crippen molar-refractivity contribution in [2.24, 2.45) is 0 Å². The Morgan fingerprint density at radius 3 is 3.12 bits per heavy atom. The molecule has 2 saturated heterocycles. The first-order chi connectivity index (χ1) is 8.24. The molecular formula is C12H15ClFN3. The third kappa shape index (κ3) is 2.11. The van der Waals surface area contributed by atoms with E-state index in [9.17, 15) is 4.39 Å². The van der Waals surface area contributed by atoms with Crippen molar-refractivity contribution >= 4 is 17.4 Å². The highest BCUT2D eigenvalue weighted by molar-refractivity contribution is 6.30. The summed E-state index contributed by atoms with van der Waals surface area (Å²) in [5, 5.41) is 3.56. The summed E-state index contributed by atoms with van der Waals surface area (Å²) in [6, 6.07) is 2.17. The predicted octanol–water partition coefficient (Wildman–Crippen LogP) is 2.52. The molecule has 3 heterocycles. The number of nitrogens with one attached hydrogen (secondary N) is 1. The summed E-state index contributed by atoms with van der Waals surface area (Å²) in [6.07, 6.45) is 5.00. The Kier molecular flexibility index (Phi) is 2.92. The largest absolute Gasteiger partial charge is 0.363 e. The maximum atomic E-state index is 13.6. The summed E-state index contributed by atoms with van der Waals surface area (Å²) in [7, 11) is 0. The van der Waals surface area contributed by atoms with Crippen LogP contribution in [0, 0.1) is 5.82 Å². The average Bonchev–Trinajstić information content (AvgIpc) is 2.86. The zero-order valence-corrected chi connectivity index (χ0v) is 10.3. The van der Waals surface area contributed by atoms with E-state index < -0.39 is 0 Å². The maximum Gasteiger partial charge on any atom is 0.166 e. The standard InChI is InChI=1S/C12H15ClFN3/c13-8-6-9(14)12(15-7-8)16-10-3-5-17-4-1-2-11(10)17/h6-7,10-11H,1-5H2,(H,15,16). The summed E-state index contributed by atoms with van der Waals surface area (Å²) < 4.78 is 13.6. The van der Waals surface area contributed by atoms with Crippen molar-refractivity contribution in [2.75, 3.05) is 18.4 Å². The van der Waals surface area contributed by atoms with Gasteiger partial charge in [-0.05, 0) is 31.9 Å². The molecule has 1 N–H and O–H groups in total. The lowest BCUT2D eigenvalue weighted by molar-refractivity contribution is 0.318. The van der Waals surface area contributed by atoms with Crippen LogP contribution in [0.1, 0.15) is 19.3 Å². The molecule has 2 fully saturated rings. The minimum atomic E-state index is -0.367. The molecule has 1 aromatic heterocycles. The van der Waals surface area contributed by atoms with Gasteiger partial charge in [-0.3, -0.25) is 4.90 Å². The van der Waals surface area contributed by atoms with Crippen molar-refractivity contribution in [2.45, 2.75) is 31.3 Å². The average molecular weight is 256 g/mol. The zero-order chi connectivity index (χ0) is 11.8. The van der Waals surface area contributed by atoms with Gasteiger partial charge in [0, 0.05) is 24.8 Å². The number of aromatic nitrogens is 1. The molecule has 2 atom stereocenters. The molecule has 2 aliphatic rings. The van der Waals surface area contributed by atoms with Crippen LogP contribution in [0.4, 0.5) is 10.2 Å². The molecule has 0 bridgehead atoms. The molecular weight excluding hydrogens is 241 g/mol. The first-order valence-corrected chi connectivity index (χ1v) is 6.43. The van der Waals surface area contributed by atoms with Gasteiger partial charge in [-0.2, -0.15) is 0 Å². The highest BCUT2D eigenvalue weighted by Crippen LogP contribution is 2.30. The van der Waals surface area contributed by atoms with Crippen LogP contribution in [-0.2, 0) is 0 Å². The van der Waals surface area contributed by atoms with Crippen LogP contribution in [0.3, 0.4) is 0 Å². The molecule has 92 valence electrons. The first-order valence-electron chi connectivity index (χ1n) is 6.05. The van der Waals surface area contributed by atoms with E-state index in [1.807, 2.05) is 0 Å². The third-order valence-electron chi connectivity index (χ3n) is 3.74. The number of nitrogens with zero attached hydrogens (tertiary/aromatic N) is 2. The molecule has 0 spiro atoms. The van der Waals surface area contributed by atoms with Crippen molar-refractivity contribution in [1.82, 2.24) is 9.88 Å². The van der Waals surface area contributed by atoms with E-state index in [2.05, 4.69) is 15.2 Å². The number of halogens is 2. The van der Waals surface area contributed by atoms with Gasteiger partial charge in [0.2, 0.25) is 0 Å². The van der Waals surface area contributed by atoms with Crippen LogP contribution in [-0.4, -0.2) is 35.1 Å². The first kappa shape index (κ1) is 11.2. The van der Waals surface area contributed by atoms with Gasteiger partial charge in [0.05, 0.1) is 5.02 Å². The second kappa shape index (κ2) is 4.42. The number of rotatable bonds is 2. The van der Waals surface area contributed by atoms with Gasteiger partial charge in [0.15, 0.2) is 11.6 Å². The van der Waals surface area contributed by atoms with Crippen LogP contribution in [0.15, 0.2) is 12.3 Å². The fourth-order valence-electron chi connectivity index (χ4n) is 2.95. The number of anilines is 1. The van der Waals surface area contributed by atoms with Crippen LogP contribution in [0.5, 0.6) is 0 Å². The van der Waals surface area contributed by atoms with Crippen LogP contribution in [0.25, 0.3) is 0 Å². The second-order valence-electron chi connectivity index (χ2n) is 4.77. The summed E-state index contributed by atoms with van der Waals surface area (Å²) in [5.41, 5.74) is 0. The van der Waals surface area contributed by atoms with Gasteiger partial charge in [-0.25, -0.2) is 9.37 Å². The van der Waals surface area contributed by atoms with Crippen molar-refractivity contribution in [3.8, 4) is 0 Å². The lowest BCUT2D eigenvalue weighted by Crippen LogP contribution is -2.34. The Bertz CT molecular complexity index is 426. The Labute approximate surface area is 105 Å². The Morgan fingerprint density at radius 1 is 1.41 bits per heavy atom. The van der Waals surface area contributed by atoms with Gasteiger partial charge in [0.25, 0.3) is 0 Å². The van der Waals surface area contributed by atoms with E-state index in [0.717, 1.165) is 13.0 Å². The molecule has 0 radical (unpaired) electrons. The van der Waals surface area contributed by atoms with Crippen LogP contribution >= 0.6 is 11.6 Å². The monoisotopic (exact) mass is 255 g/mol. The van der Waals surface area contributed by atoms with E-state index in [-0.39, 0.29) is 5.82 Å². The fourth-order valence-corrected chi connectivity index (χ4v) is 3.09. The van der Waals surface area contributed by atoms with Crippen molar-refractivity contribution in [3.63, 3.8) is 0 Å². The Hall–Kier alpha value is -0.870. The van der Waals surface area contributed by atoms with Crippen molar-refractivity contribution < 1.29 is 4.39 Å². The Morgan fingerprint density at radius 2 is 2.29 bits per heavy atom. The quantitative estimate of drug-likeness (QED) is 0.880. The molecule has 3 rings (SSSR count). The number of pyridine rings is 1. The van der Waals surface area contributed by atoms with Gasteiger partial charge >= 0.3 is 0 Å². The molecule has 0 amide bonds. The molecule has 2 aliphatic heterocycles. The molecule has 0 aromatic carbocycles. The van der Waals surface area contributed by atoms with E-state index in [1.165, 1.54) is 31.6 Å². The molecule has 2 unspecified atom stereocenters. The SMILES string of the molecule is Fc1cc(Cl)cnc1NC1CCN2CCCC12. The Balaban J connectivity index is 1.74. The van der Waals surface area contributed by atoms with Crippen LogP contribution < -0.4 is 5.32 Å². The highest BCUT2D eigenvalue weighted by atomic mass is 35.5. The molecule has 17 heavy (non-hydrogen) atoms. The lowest BCUT2D eigenvalue weighted by Gasteiger charge is -2.21. The molecule has 0 aliphatic carbocycles. The molecule has 3 nitrogen and oxygen atoms in total. The molecule has 5 heteroatoms. The normalized spacial score (nSPS) is 28.4. The van der Waals surface area contributed by atoms with E-state index in [1.54, 1.807) is 0 Å². The van der Waals surface area contributed by atoms with Gasteiger partial charge in [-0.15, -0.1) is 0 Å². The summed E-state index contributed by atoms with van der Waals surface area (Å²) in [4.78, 5) is 6.50.